The number of benzene rings is 1. The van der Waals surface area contributed by atoms with Crippen molar-refractivity contribution in [1.82, 2.24) is 15.6 Å². The second-order valence-electron chi connectivity index (χ2n) is 7.48. The van der Waals surface area contributed by atoms with Crippen LogP contribution in [0, 0.1) is 5.92 Å². The SMILES string of the molecule is CC(C)(C)NC(=O)NCC1CCN(c2nc3ccccc3o2)CC1. The van der Waals surface area contributed by atoms with Crippen molar-refractivity contribution < 1.29 is 9.21 Å². The van der Waals surface area contributed by atoms with Gasteiger partial charge in [0.2, 0.25) is 0 Å². The largest absolute Gasteiger partial charge is 0.423 e. The van der Waals surface area contributed by atoms with Gasteiger partial charge in [-0.3, -0.25) is 0 Å². The lowest BCUT2D eigenvalue weighted by atomic mass is 9.97. The van der Waals surface area contributed by atoms with Gasteiger partial charge in [0.1, 0.15) is 5.52 Å². The fraction of sp³-hybridized carbons (Fsp3) is 0.556. The fourth-order valence-corrected chi connectivity index (χ4v) is 2.95. The van der Waals surface area contributed by atoms with E-state index in [1.165, 1.54) is 0 Å². The van der Waals surface area contributed by atoms with Gasteiger partial charge in [0.25, 0.3) is 6.01 Å². The standard InChI is InChI=1S/C18H26N4O2/c1-18(2,3)21-16(23)19-12-13-8-10-22(11-9-13)17-20-14-6-4-5-7-15(14)24-17/h4-7,13H,8-12H2,1-3H3,(H2,19,21,23). The highest BCUT2D eigenvalue weighted by molar-refractivity contribution is 5.75. The zero-order chi connectivity index (χ0) is 17.2. The molecular formula is C18H26N4O2. The van der Waals surface area contributed by atoms with Gasteiger partial charge in [-0.1, -0.05) is 12.1 Å². The highest BCUT2D eigenvalue weighted by Gasteiger charge is 2.23. The number of rotatable bonds is 3. The summed E-state index contributed by atoms with van der Waals surface area (Å²) in [6, 6.07) is 8.44. The average molecular weight is 330 g/mol. The number of anilines is 1. The summed E-state index contributed by atoms with van der Waals surface area (Å²) in [5.74, 6) is 0.497. The number of para-hydroxylation sites is 2. The Morgan fingerprint density at radius 2 is 2.00 bits per heavy atom. The predicted molar refractivity (Wildman–Crippen MR) is 95.2 cm³/mol. The number of aromatic nitrogens is 1. The normalized spacial score (nSPS) is 16.4. The van der Waals surface area contributed by atoms with Gasteiger partial charge >= 0.3 is 6.03 Å². The van der Waals surface area contributed by atoms with Gasteiger partial charge in [-0.2, -0.15) is 4.98 Å². The third kappa shape index (κ3) is 4.19. The summed E-state index contributed by atoms with van der Waals surface area (Å²) in [7, 11) is 0. The van der Waals surface area contributed by atoms with Gasteiger partial charge in [-0.15, -0.1) is 0 Å². The van der Waals surface area contributed by atoms with E-state index >= 15 is 0 Å². The van der Waals surface area contributed by atoms with Crippen molar-refractivity contribution in [3.63, 3.8) is 0 Å². The molecule has 2 aromatic rings. The number of amides is 2. The summed E-state index contributed by atoms with van der Waals surface area (Å²) in [6.07, 6.45) is 2.04. The molecule has 1 aromatic carbocycles. The van der Waals surface area contributed by atoms with E-state index in [1.54, 1.807) is 0 Å². The Morgan fingerprint density at radius 3 is 2.67 bits per heavy atom. The molecule has 1 fully saturated rings. The van der Waals surface area contributed by atoms with Crippen LogP contribution in [-0.2, 0) is 0 Å². The second kappa shape index (κ2) is 6.71. The number of fused-ring (bicyclic) bond motifs is 1. The maximum Gasteiger partial charge on any atom is 0.315 e. The summed E-state index contributed by atoms with van der Waals surface area (Å²) < 4.78 is 5.83. The molecule has 0 unspecified atom stereocenters. The molecule has 2 heterocycles. The Balaban J connectivity index is 1.48. The number of nitrogens with zero attached hydrogens (tertiary/aromatic N) is 2. The van der Waals surface area contributed by atoms with E-state index in [9.17, 15) is 4.79 Å². The number of hydrogen-bond donors (Lipinski definition) is 2. The van der Waals surface area contributed by atoms with Crippen molar-refractivity contribution in [2.75, 3.05) is 24.5 Å². The van der Waals surface area contributed by atoms with E-state index in [2.05, 4.69) is 20.5 Å². The molecule has 6 nitrogen and oxygen atoms in total. The van der Waals surface area contributed by atoms with Crippen molar-refractivity contribution in [1.29, 1.82) is 0 Å². The smallest absolute Gasteiger partial charge is 0.315 e. The molecule has 0 radical (unpaired) electrons. The van der Waals surface area contributed by atoms with Crippen molar-refractivity contribution >= 4 is 23.1 Å². The molecule has 24 heavy (non-hydrogen) atoms. The Morgan fingerprint density at radius 1 is 1.29 bits per heavy atom. The predicted octanol–water partition coefficient (Wildman–Crippen LogP) is 3.14. The summed E-state index contributed by atoms with van der Waals surface area (Å²) in [5.41, 5.74) is 1.52. The van der Waals surface area contributed by atoms with Crippen LogP contribution >= 0.6 is 0 Å². The highest BCUT2D eigenvalue weighted by atomic mass is 16.4. The minimum atomic E-state index is -0.208. The molecule has 0 saturated carbocycles. The molecule has 2 N–H and O–H groups in total. The summed E-state index contributed by atoms with van der Waals surface area (Å²) in [4.78, 5) is 18.6. The van der Waals surface area contributed by atoms with Gasteiger partial charge in [-0.05, 0) is 51.7 Å². The van der Waals surface area contributed by atoms with Gasteiger partial charge in [0, 0.05) is 25.2 Å². The molecular weight excluding hydrogens is 304 g/mol. The van der Waals surface area contributed by atoms with Gasteiger partial charge in [0.05, 0.1) is 0 Å². The van der Waals surface area contributed by atoms with Crippen molar-refractivity contribution in [2.24, 2.45) is 5.92 Å². The lowest BCUT2D eigenvalue weighted by molar-refractivity contribution is 0.228. The number of nitrogens with one attached hydrogen (secondary N) is 2. The average Bonchev–Trinajstić information content (AvgIpc) is 2.96. The quantitative estimate of drug-likeness (QED) is 0.907. The number of oxazole rings is 1. The molecule has 0 bridgehead atoms. The third-order valence-electron chi connectivity index (χ3n) is 4.21. The van der Waals surface area contributed by atoms with Crippen molar-refractivity contribution in [2.45, 2.75) is 39.2 Å². The maximum absolute atomic E-state index is 11.8. The van der Waals surface area contributed by atoms with Crippen molar-refractivity contribution in [3.05, 3.63) is 24.3 Å². The van der Waals surface area contributed by atoms with Gasteiger partial charge in [0.15, 0.2) is 5.58 Å². The third-order valence-corrected chi connectivity index (χ3v) is 4.21. The first-order valence-corrected chi connectivity index (χ1v) is 8.57. The molecule has 3 rings (SSSR count). The van der Waals surface area contributed by atoms with Crippen LogP contribution in [0.15, 0.2) is 28.7 Å². The minimum Gasteiger partial charge on any atom is -0.423 e. The highest BCUT2D eigenvalue weighted by Crippen LogP contribution is 2.26. The van der Waals surface area contributed by atoms with E-state index in [-0.39, 0.29) is 11.6 Å². The van der Waals surface area contributed by atoms with Crippen LogP contribution in [0.1, 0.15) is 33.6 Å². The second-order valence-corrected chi connectivity index (χ2v) is 7.48. The molecule has 1 saturated heterocycles. The molecule has 2 amide bonds. The molecule has 1 aliphatic rings. The zero-order valence-corrected chi connectivity index (χ0v) is 14.6. The topological polar surface area (TPSA) is 70.4 Å². The molecule has 1 aliphatic heterocycles. The lowest BCUT2D eigenvalue weighted by Crippen LogP contribution is -2.48. The zero-order valence-electron chi connectivity index (χ0n) is 14.6. The molecule has 1 aromatic heterocycles. The number of piperidine rings is 1. The Bertz CT molecular complexity index is 663. The summed E-state index contributed by atoms with van der Waals surface area (Å²) in [6.45, 7) is 8.45. The van der Waals surface area contributed by atoms with Crippen LogP contribution in [-0.4, -0.2) is 36.2 Å². The number of carbonyl (C=O) groups is 1. The minimum absolute atomic E-state index is 0.0936. The first-order chi connectivity index (χ1) is 11.4. The van der Waals surface area contributed by atoms with Crippen LogP contribution in [0.5, 0.6) is 0 Å². The van der Waals surface area contributed by atoms with Gasteiger partial charge < -0.3 is 20.0 Å². The number of carbonyl (C=O) groups excluding carboxylic acids is 1. The molecule has 0 aliphatic carbocycles. The van der Waals surface area contributed by atoms with Crippen LogP contribution in [0.25, 0.3) is 11.1 Å². The molecule has 0 atom stereocenters. The van der Waals surface area contributed by atoms with E-state index < -0.39 is 0 Å². The van der Waals surface area contributed by atoms with Crippen LogP contribution in [0.2, 0.25) is 0 Å². The number of urea groups is 1. The molecule has 0 spiro atoms. The Labute approximate surface area is 142 Å². The monoisotopic (exact) mass is 330 g/mol. The van der Waals surface area contributed by atoms with Crippen LogP contribution in [0.3, 0.4) is 0 Å². The van der Waals surface area contributed by atoms with E-state index in [4.69, 9.17) is 4.42 Å². The van der Waals surface area contributed by atoms with Gasteiger partial charge in [-0.25, -0.2) is 4.79 Å². The van der Waals surface area contributed by atoms with E-state index in [1.807, 2.05) is 45.0 Å². The lowest BCUT2D eigenvalue weighted by Gasteiger charge is -2.31. The maximum atomic E-state index is 11.8. The molecule has 6 heteroatoms. The first-order valence-electron chi connectivity index (χ1n) is 8.57. The number of hydrogen-bond acceptors (Lipinski definition) is 4. The summed E-state index contributed by atoms with van der Waals surface area (Å²) >= 11 is 0. The summed E-state index contributed by atoms with van der Waals surface area (Å²) in [5, 5.41) is 5.90. The van der Waals surface area contributed by atoms with Crippen molar-refractivity contribution in [3.8, 4) is 0 Å². The van der Waals surface area contributed by atoms with Crippen LogP contribution in [0.4, 0.5) is 10.8 Å². The first kappa shape index (κ1) is 16.6. The Hall–Kier alpha value is -2.24. The molecule has 130 valence electrons. The Kier molecular flexibility index (Phi) is 4.64. The van der Waals surface area contributed by atoms with Crippen LogP contribution < -0.4 is 15.5 Å². The fourth-order valence-electron chi connectivity index (χ4n) is 2.95. The van der Waals surface area contributed by atoms with E-state index in [0.29, 0.717) is 18.5 Å². The van der Waals surface area contributed by atoms with E-state index in [0.717, 1.165) is 37.0 Å².